The predicted octanol–water partition coefficient (Wildman–Crippen LogP) is 7.78. The van der Waals surface area contributed by atoms with Gasteiger partial charge >= 0.3 is 0 Å². The van der Waals surface area contributed by atoms with E-state index in [4.69, 9.17) is 0 Å². The van der Waals surface area contributed by atoms with Gasteiger partial charge in [-0.25, -0.2) is 0 Å². The lowest BCUT2D eigenvalue weighted by molar-refractivity contribution is 1.01. The third-order valence-corrected chi connectivity index (χ3v) is 6.84. The zero-order valence-corrected chi connectivity index (χ0v) is 19.5. The predicted molar refractivity (Wildman–Crippen MR) is 147 cm³/mol. The van der Waals surface area contributed by atoms with Crippen molar-refractivity contribution in [3.63, 3.8) is 0 Å². The topological polar surface area (TPSA) is 8.17 Å². The summed E-state index contributed by atoms with van der Waals surface area (Å²) in [4.78, 5) is 2.39. The number of anilines is 1. The van der Waals surface area contributed by atoms with Crippen LogP contribution in [0.15, 0.2) is 115 Å². The smallest absolute Gasteiger partial charge is 0.0778 e. The molecule has 2 heteroatoms. The van der Waals surface area contributed by atoms with Gasteiger partial charge in [0, 0.05) is 30.1 Å². The summed E-state index contributed by atoms with van der Waals surface area (Å²) in [6.45, 7) is 0.877. The van der Waals surface area contributed by atoms with Crippen molar-refractivity contribution in [2.45, 2.75) is 12.8 Å². The van der Waals surface area contributed by atoms with Gasteiger partial charge in [-0.3, -0.25) is 0 Å². The molecule has 0 N–H and O–H groups in total. The first-order valence-electron chi connectivity index (χ1n) is 12.0. The van der Waals surface area contributed by atoms with Crippen LogP contribution in [0.25, 0.3) is 33.1 Å². The number of para-hydroxylation sites is 1. The van der Waals surface area contributed by atoms with E-state index in [1.807, 2.05) is 0 Å². The fourth-order valence-electron chi connectivity index (χ4n) is 5.24. The monoisotopic (exact) mass is 440 g/mol. The molecule has 0 saturated carbocycles. The van der Waals surface area contributed by atoms with E-state index in [0.717, 1.165) is 19.4 Å². The summed E-state index contributed by atoms with van der Waals surface area (Å²) in [5.74, 6) is 0. The summed E-state index contributed by atoms with van der Waals surface area (Å²) >= 11 is 0. The molecule has 0 amide bonds. The molecule has 2 heterocycles. The van der Waals surface area contributed by atoms with E-state index in [2.05, 4.69) is 132 Å². The van der Waals surface area contributed by atoms with Crippen LogP contribution in [0.1, 0.15) is 17.5 Å². The lowest BCUT2D eigenvalue weighted by Crippen LogP contribution is -2.19. The summed E-state index contributed by atoms with van der Waals surface area (Å²) in [5, 5.41) is 2.60. The first-order chi connectivity index (χ1) is 16.8. The Labute approximate surface area is 201 Å². The molecule has 1 aliphatic heterocycles. The van der Waals surface area contributed by atoms with Gasteiger partial charge in [0.15, 0.2) is 0 Å². The van der Waals surface area contributed by atoms with E-state index in [9.17, 15) is 0 Å². The van der Waals surface area contributed by atoms with Crippen molar-refractivity contribution >= 4 is 38.8 Å². The van der Waals surface area contributed by atoms with Crippen molar-refractivity contribution in [2.75, 3.05) is 18.5 Å². The minimum atomic E-state index is 0.877. The van der Waals surface area contributed by atoms with Crippen molar-refractivity contribution in [1.29, 1.82) is 0 Å². The zero-order valence-electron chi connectivity index (χ0n) is 19.5. The van der Waals surface area contributed by atoms with Crippen LogP contribution in [0, 0.1) is 0 Å². The molecule has 0 bridgehead atoms. The highest BCUT2D eigenvalue weighted by molar-refractivity contribution is 6.15. The third-order valence-electron chi connectivity index (χ3n) is 6.84. The van der Waals surface area contributed by atoms with Gasteiger partial charge in [0.25, 0.3) is 0 Å². The second-order valence-corrected chi connectivity index (χ2v) is 9.02. The van der Waals surface area contributed by atoms with E-state index in [1.54, 1.807) is 0 Å². The van der Waals surface area contributed by atoms with Crippen LogP contribution in [0.3, 0.4) is 0 Å². The van der Waals surface area contributed by atoms with Gasteiger partial charge in [0.2, 0.25) is 0 Å². The third kappa shape index (κ3) is 3.52. The van der Waals surface area contributed by atoms with Gasteiger partial charge < -0.3 is 9.47 Å². The molecule has 6 rings (SSSR count). The second kappa shape index (κ2) is 8.72. The van der Waals surface area contributed by atoms with Crippen LogP contribution in [-0.4, -0.2) is 18.2 Å². The van der Waals surface area contributed by atoms with E-state index in [-0.39, 0.29) is 0 Å². The largest absolute Gasteiger partial charge is 0.369 e. The maximum atomic E-state index is 2.48. The Morgan fingerprint density at radius 3 is 2.41 bits per heavy atom. The molecule has 0 radical (unpaired) electrons. The van der Waals surface area contributed by atoms with Crippen molar-refractivity contribution in [1.82, 2.24) is 4.57 Å². The molecule has 2 nitrogen and oxygen atoms in total. The molecule has 34 heavy (non-hydrogen) atoms. The van der Waals surface area contributed by atoms with Gasteiger partial charge in [0.05, 0.1) is 16.7 Å². The number of likely N-dealkylation sites (N-methyl/N-ethyl adjacent to an activating group) is 1. The second-order valence-electron chi connectivity index (χ2n) is 9.02. The van der Waals surface area contributed by atoms with Crippen LogP contribution in [0.5, 0.6) is 0 Å². The molecule has 3 aromatic carbocycles. The number of hydrogen-bond acceptors (Lipinski definition) is 1. The van der Waals surface area contributed by atoms with Gasteiger partial charge in [-0.15, -0.1) is 0 Å². The van der Waals surface area contributed by atoms with Crippen molar-refractivity contribution in [3.8, 4) is 0 Å². The Morgan fingerprint density at radius 2 is 1.50 bits per heavy atom. The van der Waals surface area contributed by atoms with Gasteiger partial charge in [-0.2, -0.15) is 0 Å². The molecule has 0 unspecified atom stereocenters. The van der Waals surface area contributed by atoms with Crippen LogP contribution < -0.4 is 4.90 Å². The summed E-state index contributed by atoms with van der Waals surface area (Å²) in [6, 6.07) is 24.2. The van der Waals surface area contributed by atoms with Gasteiger partial charge in [-0.05, 0) is 47.8 Å². The maximum Gasteiger partial charge on any atom is 0.0778 e. The molecule has 0 atom stereocenters. The lowest BCUT2D eigenvalue weighted by atomic mass is 10.0. The van der Waals surface area contributed by atoms with E-state index in [1.165, 1.54) is 49.9 Å². The number of aromatic nitrogens is 1. The van der Waals surface area contributed by atoms with E-state index < -0.39 is 0 Å². The van der Waals surface area contributed by atoms with Crippen LogP contribution in [0.4, 0.5) is 5.69 Å². The molecule has 166 valence electrons. The number of nitrogens with zero attached hydrogens (tertiary/aromatic N) is 2. The molecule has 0 fully saturated rings. The minimum absolute atomic E-state index is 0.877. The SMILES string of the molecule is CN1C/C=C\C=C/Cc2ccc3c4ccccc4n(C4=CC=CCC(c5ccccc5)=C4)c3c21. The molecule has 1 aliphatic carbocycles. The average molecular weight is 441 g/mol. The molecular weight excluding hydrogens is 412 g/mol. The Bertz CT molecular complexity index is 1520. The average Bonchev–Trinajstić information content (AvgIpc) is 3.06. The Kier molecular flexibility index (Phi) is 5.27. The lowest BCUT2D eigenvalue weighted by Gasteiger charge is -2.23. The minimum Gasteiger partial charge on any atom is -0.369 e. The summed E-state index contributed by atoms with van der Waals surface area (Å²) in [7, 11) is 2.21. The fraction of sp³-hybridized carbons (Fsp3) is 0.125. The number of fused-ring (bicyclic) bond motifs is 5. The first-order valence-corrected chi connectivity index (χ1v) is 12.0. The molecule has 4 aromatic rings. The molecule has 2 aliphatic rings. The zero-order chi connectivity index (χ0) is 22.9. The fourth-order valence-corrected chi connectivity index (χ4v) is 5.24. The van der Waals surface area contributed by atoms with Crippen LogP contribution >= 0.6 is 0 Å². The number of rotatable bonds is 2. The van der Waals surface area contributed by atoms with Crippen molar-refractivity contribution in [2.24, 2.45) is 0 Å². The summed E-state index contributed by atoms with van der Waals surface area (Å²) in [5.41, 5.74) is 9.02. The summed E-state index contributed by atoms with van der Waals surface area (Å²) < 4.78 is 2.48. The van der Waals surface area contributed by atoms with E-state index in [0.29, 0.717) is 0 Å². The van der Waals surface area contributed by atoms with Crippen LogP contribution in [0.2, 0.25) is 0 Å². The van der Waals surface area contributed by atoms with Crippen LogP contribution in [-0.2, 0) is 6.42 Å². The van der Waals surface area contributed by atoms with Gasteiger partial charge in [0.1, 0.15) is 0 Å². The Balaban J connectivity index is 1.68. The number of hydrogen-bond donors (Lipinski definition) is 0. The quantitative estimate of drug-likeness (QED) is 0.309. The normalized spacial score (nSPS) is 17.9. The number of benzene rings is 3. The highest BCUT2D eigenvalue weighted by Gasteiger charge is 2.21. The molecule has 0 spiro atoms. The standard InChI is InChI=1S/C32H28N2/c1-33-22-12-3-2-5-15-25-20-21-29-28-18-10-11-19-30(28)34(32(29)31(25)33)27-17-9-8-16-26(23-27)24-13-6-4-7-14-24/h2-14,17-21,23H,15-16,22H2,1H3/b5-2-,12-3-. The Hall–Kier alpha value is -4.04. The van der Waals surface area contributed by atoms with Gasteiger partial charge in [-0.1, -0.05) is 97.1 Å². The maximum absolute atomic E-state index is 2.48. The molecular formula is C32H28N2. The van der Waals surface area contributed by atoms with E-state index >= 15 is 0 Å². The van der Waals surface area contributed by atoms with Crippen molar-refractivity contribution < 1.29 is 0 Å². The highest BCUT2D eigenvalue weighted by Crippen LogP contribution is 2.41. The first kappa shape index (κ1) is 20.6. The Morgan fingerprint density at radius 1 is 0.706 bits per heavy atom. The summed E-state index contributed by atoms with van der Waals surface area (Å²) in [6.07, 6.45) is 19.8. The molecule has 1 aromatic heterocycles. The highest BCUT2D eigenvalue weighted by atomic mass is 15.1. The van der Waals surface area contributed by atoms with Crippen molar-refractivity contribution in [3.05, 3.63) is 126 Å². The molecule has 0 saturated heterocycles. The number of allylic oxidation sites excluding steroid dienone is 9.